The normalized spacial score (nSPS) is 17.9. The number of hydrogen-bond donors (Lipinski definition) is 1. The maximum atomic E-state index is 10.0. The van der Waals surface area contributed by atoms with Crippen molar-refractivity contribution in [2.45, 2.75) is 25.6 Å². The summed E-state index contributed by atoms with van der Waals surface area (Å²) in [7, 11) is 1.65. The molecule has 6 heteroatoms. The van der Waals surface area contributed by atoms with Crippen LogP contribution >= 0.6 is 0 Å². The van der Waals surface area contributed by atoms with E-state index in [2.05, 4.69) is 23.6 Å². The predicted molar refractivity (Wildman–Crippen MR) is 98.2 cm³/mol. The summed E-state index contributed by atoms with van der Waals surface area (Å²) in [5.74, 6) is 0.824. The van der Waals surface area contributed by atoms with Crippen molar-refractivity contribution in [2.75, 3.05) is 40.0 Å². The largest absolute Gasteiger partial charge is 0.497 e. The Labute approximate surface area is 149 Å². The third-order valence-electron chi connectivity index (χ3n) is 4.08. The molecule has 1 N–H and O–H groups in total. The highest BCUT2D eigenvalue weighted by Gasteiger charge is 2.25. The van der Waals surface area contributed by atoms with E-state index < -0.39 is 6.10 Å². The van der Waals surface area contributed by atoms with Gasteiger partial charge in [-0.05, 0) is 36.4 Å². The van der Waals surface area contributed by atoms with Gasteiger partial charge in [-0.1, -0.05) is 18.2 Å². The molecule has 1 heterocycles. The summed E-state index contributed by atoms with van der Waals surface area (Å²) >= 11 is 0. The molecule has 0 saturated heterocycles. The summed E-state index contributed by atoms with van der Waals surface area (Å²) < 4.78 is 10.5. The van der Waals surface area contributed by atoms with E-state index in [1.54, 1.807) is 13.2 Å². The van der Waals surface area contributed by atoms with Gasteiger partial charge in [-0.15, -0.1) is 6.58 Å². The second-order valence-electron chi connectivity index (χ2n) is 6.03. The number of rotatable bonds is 11. The van der Waals surface area contributed by atoms with E-state index >= 15 is 0 Å². The molecule has 0 fully saturated rings. The molecule has 2 atom stereocenters. The molecule has 0 unspecified atom stereocenters. The van der Waals surface area contributed by atoms with Crippen LogP contribution in [0.4, 0.5) is 0 Å². The van der Waals surface area contributed by atoms with Crippen molar-refractivity contribution in [2.24, 2.45) is 5.16 Å². The number of nitrogens with zero attached hydrogens (tertiary/aromatic N) is 2. The third kappa shape index (κ3) is 6.16. The lowest BCUT2D eigenvalue weighted by atomic mass is 10.0. The van der Waals surface area contributed by atoms with Gasteiger partial charge in [0.1, 0.15) is 11.9 Å². The van der Waals surface area contributed by atoms with Crippen LogP contribution in [0.5, 0.6) is 5.75 Å². The van der Waals surface area contributed by atoms with Crippen LogP contribution in [0.15, 0.2) is 42.1 Å². The highest BCUT2D eigenvalue weighted by Crippen LogP contribution is 2.20. The molecule has 0 spiro atoms. The van der Waals surface area contributed by atoms with E-state index in [-0.39, 0.29) is 6.10 Å². The standard InChI is InChI=1S/C19H28N2O4/c1-4-10-24-14-16(22)12-21(5-2)13-18-11-19(20-25-18)15-6-8-17(23-3)9-7-15/h4,6-9,16,18,22H,1,5,10-14H2,2-3H3/t16-,18-/m1/s1. The number of ether oxygens (including phenoxy) is 2. The first-order valence-corrected chi connectivity index (χ1v) is 8.62. The summed E-state index contributed by atoms with van der Waals surface area (Å²) in [5, 5.41) is 14.3. The molecule has 0 bridgehead atoms. The lowest BCUT2D eigenvalue weighted by molar-refractivity contribution is 0.00720. The predicted octanol–water partition coefficient (Wildman–Crippen LogP) is 2.07. The number of aliphatic hydroxyl groups is 1. The number of methoxy groups -OCH3 is 1. The van der Waals surface area contributed by atoms with Crippen molar-refractivity contribution in [3.63, 3.8) is 0 Å². The molecule has 2 rings (SSSR count). The molecule has 1 aliphatic rings. The molecule has 1 aromatic rings. The Morgan fingerprint density at radius 3 is 2.84 bits per heavy atom. The van der Waals surface area contributed by atoms with Crippen LogP contribution in [0.2, 0.25) is 0 Å². The van der Waals surface area contributed by atoms with E-state index in [0.717, 1.165) is 36.5 Å². The molecular formula is C19H28N2O4. The van der Waals surface area contributed by atoms with Gasteiger partial charge in [-0.25, -0.2) is 0 Å². The minimum absolute atomic E-state index is 0.00153. The van der Waals surface area contributed by atoms with E-state index in [9.17, 15) is 5.11 Å². The molecule has 0 aliphatic carbocycles. The fourth-order valence-corrected chi connectivity index (χ4v) is 2.74. The van der Waals surface area contributed by atoms with Crippen LogP contribution in [-0.2, 0) is 9.57 Å². The van der Waals surface area contributed by atoms with Crippen molar-refractivity contribution in [3.05, 3.63) is 42.5 Å². The van der Waals surface area contributed by atoms with Gasteiger partial charge in [0.25, 0.3) is 0 Å². The van der Waals surface area contributed by atoms with Crippen molar-refractivity contribution in [3.8, 4) is 5.75 Å². The first kappa shape index (κ1) is 19.4. The lowest BCUT2D eigenvalue weighted by Gasteiger charge is -2.25. The second-order valence-corrected chi connectivity index (χ2v) is 6.03. The van der Waals surface area contributed by atoms with Crippen molar-refractivity contribution in [1.82, 2.24) is 4.90 Å². The summed E-state index contributed by atoms with van der Waals surface area (Å²) in [5.41, 5.74) is 1.99. The SMILES string of the molecule is C=CCOC[C@H](O)CN(CC)C[C@H]1CC(c2ccc(OC)cc2)=NO1. The molecular weight excluding hydrogens is 320 g/mol. The van der Waals surface area contributed by atoms with Gasteiger partial charge in [0.05, 0.1) is 32.1 Å². The zero-order valence-electron chi connectivity index (χ0n) is 15.1. The highest BCUT2D eigenvalue weighted by molar-refractivity contribution is 6.01. The molecule has 0 amide bonds. The number of likely N-dealkylation sites (N-methyl/N-ethyl adjacent to an activating group) is 1. The topological polar surface area (TPSA) is 63.5 Å². The van der Waals surface area contributed by atoms with Crippen LogP contribution in [0, 0.1) is 0 Å². The van der Waals surface area contributed by atoms with Crippen molar-refractivity contribution >= 4 is 5.71 Å². The van der Waals surface area contributed by atoms with E-state index in [1.165, 1.54) is 0 Å². The highest BCUT2D eigenvalue weighted by atomic mass is 16.6. The minimum Gasteiger partial charge on any atom is -0.497 e. The van der Waals surface area contributed by atoms with E-state index in [4.69, 9.17) is 14.3 Å². The van der Waals surface area contributed by atoms with Crippen LogP contribution < -0.4 is 4.74 Å². The molecule has 138 valence electrons. The zero-order valence-corrected chi connectivity index (χ0v) is 15.1. The van der Waals surface area contributed by atoms with Crippen LogP contribution in [0.3, 0.4) is 0 Å². The summed E-state index contributed by atoms with van der Waals surface area (Å²) in [6.07, 6.45) is 1.90. The molecule has 0 radical (unpaired) electrons. The van der Waals surface area contributed by atoms with Crippen LogP contribution in [-0.4, -0.2) is 67.9 Å². The van der Waals surface area contributed by atoms with Gasteiger partial charge in [0, 0.05) is 19.5 Å². The maximum absolute atomic E-state index is 10.0. The Bertz CT molecular complexity index is 559. The molecule has 0 aromatic heterocycles. The number of benzene rings is 1. The number of hydrogen-bond acceptors (Lipinski definition) is 6. The number of oxime groups is 1. The van der Waals surface area contributed by atoms with Gasteiger partial charge < -0.3 is 19.4 Å². The van der Waals surface area contributed by atoms with E-state index in [1.807, 2.05) is 24.3 Å². The number of aliphatic hydroxyl groups excluding tert-OH is 1. The molecule has 1 aromatic carbocycles. The van der Waals surface area contributed by atoms with Gasteiger partial charge >= 0.3 is 0 Å². The van der Waals surface area contributed by atoms with Crippen LogP contribution in [0.25, 0.3) is 0 Å². The fraction of sp³-hybridized carbons (Fsp3) is 0.526. The minimum atomic E-state index is -0.525. The lowest BCUT2D eigenvalue weighted by Crippen LogP contribution is -2.39. The zero-order chi connectivity index (χ0) is 18.1. The maximum Gasteiger partial charge on any atom is 0.145 e. The molecule has 6 nitrogen and oxygen atoms in total. The van der Waals surface area contributed by atoms with Crippen molar-refractivity contribution < 1.29 is 19.4 Å². The van der Waals surface area contributed by atoms with Gasteiger partial charge in [0.2, 0.25) is 0 Å². The average Bonchev–Trinajstić information content (AvgIpc) is 3.10. The second kappa shape index (κ2) is 10.2. The smallest absolute Gasteiger partial charge is 0.145 e. The Kier molecular flexibility index (Phi) is 7.91. The summed E-state index contributed by atoms with van der Waals surface area (Å²) in [6.45, 7) is 8.52. The summed E-state index contributed by atoms with van der Waals surface area (Å²) in [6, 6.07) is 7.82. The van der Waals surface area contributed by atoms with Gasteiger partial charge in [-0.2, -0.15) is 0 Å². The average molecular weight is 348 g/mol. The Balaban J connectivity index is 1.79. The van der Waals surface area contributed by atoms with Gasteiger partial charge in [-0.3, -0.25) is 4.90 Å². The third-order valence-corrected chi connectivity index (χ3v) is 4.08. The Morgan fingerprint density at radius 1 is 1.44 bits per heavy atom. The van der Waals surface area contributed by atoms with Gasteiger partial charge in [0.15, 0.2) is 0 Å². The Hall–Kier alpha value is -1.89. The monoisotopic (exact) mass is 348 g/mol. The Morgan fingerprint density at radius 2 is 2.20 bits per heavy atom. The van der Waals surface area contributed by atoms with Crippen molar-refractivity contribution in [1.29, 1.82) is 0 Å². The van der Waals surface area contributed by atoms with E-state index in [0.29, 0.717) is 19.8 Å². The first-order valence-electron chi connectivity index (χ1n) is 8.62. The summed E-state index contributed by atoms with van der Waals surface area (Å²) in [4.78, 5) is 7.73. The quantitative estimate of drug-likeness (QED) is 0.490. The van der Waals surface area contributed by atoms with Crippen LogP contribution in [0.1, 0.15) is 18.9 Å². The molecule has 1 aliphatic heterocycles. The molecule has 25 heavy (non-hydrogen) atoms. The first-order chi connectivity index (χ1) is 12.2. The molecule has 0 saturated carbocycles. The fourth-order valence-electron chi connectivity index (χ4n) is 2.74.